The van der Waals surface area contributed by atoms with Crippen molar-refractivity contribution in [3.63, 3.8) is 0 Å². The standard InChI is InChI=1S/C34H24N2Si.C24H16Br2Si.C5H6BNO2/c1-3-17-33-31(15-1)32-16-2-4-18-34(32)37(33,29-13-5-9-25(21-29)27-11-7-19-35-23-27)30-14-6-10-26(22-30)28-12-8-20-36-24-28;25-17-7-5-9-19(15-17)27(20-10-6-8-18(26)16-20)23-13-3-1-11-21(23)22-12-2-4-14-24(22)27;8-6(9)5-2-1-3-7-4-5/h1-24H;1-16H;1-4,8-9H. The number of nitrogens with zero attached hydrogens (tertiary/aromatic N) is 3. The van der Waals surface area contributed by atoms with Crippen molar-refractivity contribution >= 4 is 102 Å². The summed E-state index contributed by atoms with van der Waals surface area (Å²) in [6.45, 7) is 0. The second-order valence-electron chi connectivity index (χ2n) is 18.0. The summed E-state index contributed by atoms with van der Waals surface area (Å²) in [5.74, 6) is 0. The largest absolute Gasteiger partial charge is 0.490 e. The highest BCUT2D eigenvalue weighted by molar-refractivity contribution is 9.10. The highest BCUT2D eigenvalue weighted by Gasteiger charge is 2.50. The highest BCUT2D eigenvalue weighted by Crippen LogP contribution is 2.32. The summed E-state index contributed by atoms with van der Waals surface area (Å²) < 4.78 is 2.26. The molecule has 0 amide bonds. The van der Waals surface area contributed by atoms with Gasteiger partial charge in [0.1, 0.15) is 0 Å². The van der Waals surface area contributed by atoms with E-state index >= 15 is 0 Å². The molecule has 0 fully saturated rings. The first kappa shape index (κ1) is 47.9. The number of hydrogen-bond acceptors (Lipinski definition) is 5. The molecule has 0 saturated heterocycles. The predicted molar refractivity (Wildman–Crippen MR) is 314 cm³/mol. The van der Waals surface area contributed by atoms with Crippen LogP contribution in [0.1, 0.15) is 0 Å². The van der Waals surface area contributed by atoms with Gasteiger partial charge in [-0.1, -0.05) is 220 Å². The van der Waals surface area contributed by atoms with E-state index < -0.39 is 23.3 Å². The van der Waals surface area contributed by atoms with Gasteiger partial charge in [0, 0.05) is 51.6 Å². The van der Waals surface area contributed by atoms with Crippen LogP contribution in [0.3, 0.4) is 0 Å². The minimum absolute atomic E-state index is 0.414. The number of halogens is 2. The minimum Gasteiger partial charge on any atom is -0.423 e. The zero-order valence-corrected chi connectivity index (χ0v) is 44.6. The third kappa shape index (κ3) is 8.90. The first-order chi connectivity index (χ1) is 35.9. The van der Waals surface area contributed by atoms with Crippen molar-refractivity contribution in [1.29, 1.82) is 0 Å². The average molecular weight is 1100 g/mol. The molecule has 10 heteroatoms. The number of fused-ring (bicyclic) bond motifs is 6. The molecule has 73 heavy (non-hydrogen) atoms. The van der Waals surface area contributed by atoms with Crippen molar-refractivity contribution in [1.82, 2.24) is 15.0 Å². The van der Waals surface area contributed by atoms with Crippen LogP contribution in [-0.2, 0) is 0 Å². The molecule has 0 aliphatic carbocycles. The Morgan fingerprint density at radius 2 is 0.644 bits per heavy atom. The van der Waals surface area contributed by atoms with Gasteiger partial charge in [0.2, 0.25) is 0 Å². The Morgan fingerprint density at radius 1 is 0.315 bits per heavy atom. The van der Waals surface area contributed by atoms with Gasteiger partial charge < -0.3 is 10.0 Å². The normalized spacial score (nSPS) is 12.9. The molecule has 3 aromatic heterocycles. The summed E-state index contributed by atoms with van der Waals surface area (Å²) in [7, 11) is -6.35. The van der Waals surface area contributed by atoms with Crippen molar-refractivity contribution in [2.24, 2.45) is 0 Å². The molecular formula is C63H46BBr2N3O2Si2. The van der Waals surface area contributed by atoms with Gasteiger partial charge in [0.25, 0.3) is 0 Å². The van der Waals surface area contributed by atoms with Gasteiger partial charge in [0.05, 0.1) is 0 Å². The van der Waals surface area contributed by atoms with Gasteiger partial charge >= 0.3 is 7.12 Å². The first-order valence-corrected chi connectivity index (χ1v) is 29.6. The van der Waals surface area contributed by atoms with E-state index in [0.29, 0.717) is 5.46 Å². The van der Waals surface area contributed by atoms with E-state index in [2.05, 4.69) is 253 Å². The van der Waals surface area contributed by atoms with Gasteiger partial charge in [-0.25, -0.2) is 0 Å². The zero-order valence-electron chi connectivity index (χ0n) is 39.5. The second kappa shape index (κ2) is 21.0. The molecule has 350 valence electrons. The number of benzene rings is 8. The van der Waals surface area contributed by atoms with Crippen LogP contribution in [0.15, 0.2) is 277 Å². The molecule has 8 aromatic carbocycles. The lowest BCUT2D eigenvalue weighted by Crippen LogP contribution is -2.72. The molecule has 0 spiro atoms. The molecule has 5 heterocycles. The Labute approximate surface area is 445 Å². The van der Waals surface area contributed by atoms with Crippen LogP contribution in [0.5, 0.6) is 0 Å². The number of pyridine rings is 3. The summed E-state index contributed by atoms with van der Waals surface area (Å²) in [5, 5.41) is 28.5. The van der Waals surface area contributed by atoms with Crippen LogP contribution in [0.2, 0.25) is 0 Å². The molecule has 11 aromatic rings. The lowest BCUT2D eigenvalue weighted by molar-refractivity contribution is 0.425. The van der Waals surface area contributed by atoms with Crippen molar-refractivity contribution < 1.29 is 10.0 Å². The third-order valence-corrected chi connectivity index (χ3v) is 24.7. The molecule has 0 saturated carbocycles. The quantitative estimate of drug-likeness (QED) is 0.157. The first-order valence-electron chi connectivity index (χ1n) is 24.1. The SMILES string of the molecule is Brc1cccc([Si]2(c3cccc(Br)c3)c3ccccc3-c3ccccc32)c1.OB(O)c1cccnc1.c1cncc(-c2cccc([Si]3(c4cccc(-c5cccnc5)c4)c4ccccc4-c4ccccc43)c2)c1. The molecule has 2 aliphatic rings. The number of aromatic nitrogens is 3. The van der Waals surface area contributed by atoms with E-state index in [1.54, 1.807) is 18.3 Å². The van der Waals surface area contributed by atoms with E-state index in [0.717, 1.165) is 20.1 Å². The average Bonchev–Trinajstić information content (AvgIpc) is 3.94. The van der Waals surface area contributed by atoms with Crippen LogP contribution >= 0.6 is 31.9 Å². The van der Waals surface area contributed by atoms with Crippen molar-refractivity contribution in [3.05, 3.63) is 277 Å². The van der Waals surface area contributed by atoms with Gasteiger partial charge in [-0.3, -0.25) is 15.0 Å². The summed E-state index contributed by atoms with van der Waals surface area (Å²) in [4.78, 5) is 12.5. The van der Waals surface area contributed by atoms with Crippen molar-refractivity contribution in [3.8, 4) is 44.5 Å². The van der Waals surface area contributed by atoms with Crippen LogP contribution in [0.4, 0.5) is 0 Å². The van der Waals surface area contributed by atoms with E-state index in [1.165, 1.54) is 81.1 Å². The van der Waals surface area contributed by atoms with E-state index in [4.69, 9.17) is 10.0 Å². The van der Waals surface area contributed by atoms with Crippen molar-refractivity contribution in [2.75, 3.05) is 0 Å². The Morgan fingerprint density at radius 3 is 0.959 bits per heavy atom. The van der Waals surface area contributed by atoms with Crippen molar-refractivity contribution in [2.45, 2.75) is 0 Å². The number of rotatable bonds is 7. The van der Waals surface area contributed by atoms with Gasteiger partial charge in [-0.05, 0) is 128 Å². The van der Waals surface area contributed by atoms with E-state index in [1.807, 2.05) is 36.9 Å². The molecule has 2 aliphatic heterocycles. The number of hydrogen-bond donors (Lipinski definition) is 2. The van der Waals surface area contributed by atoms with Crippen LogP contribution in [-0.4, -0.2) is 48.3 Å². The predicted octanol–water partition coefficient (Wildman–Crippen LogP) is 8.50. The molecule has 0 radical (unpaired) electrons. The molecule has 0 bridgehead atoms. The fraction of sp³-hybridized carbons (Fsp3) is 0. The second-order valence-corrected chi connectivity index (χ2v) is 27.3. The highest BCUT2D eigenvalue weighted by atomic mass is 79.9. The Hall–Kier alpha value is -7.41. The molecule has 13 rings (SSSR count). The molecule has 0 atom stereocenters. The maximum atomic E-state index is 8.54. The van der Waals surface area contributed by atoms with Gasteiger partial charge in [-0.2, -0.15) is 0 Å². The maximum Gasteiger partial charge on any atom is 0.490 e. The lowest BCUT2D eigenvalue weighted by atomic mass is 9.82. The van der Waals surface area contributed by atoms with Crippen LogP contribution in [0.25, 0.3) is 44.5 Å². The van der Waals surface area contributed by atoms with E-state index in [9.17, 15) is 0 Å². The third-order valence-electron chi connectivity index (χ3n) is 14.0. The fourth-order valence-corrected chi connectivity index (χ4v) is 22.7. The summed E-state index contributed by atoms with van der Waals surface area (Å²) in [6.07, 6.45) is 10.5. The minimum atomic E-state index is -2.60. The molecule has 5 nitrogen and oxygen atoms in total. The van der Waals surface area contributed by atoms with E-state index in [-0.39, 0.29) is 0 Å². The summed E-state index contributed by atoms with van der Waals surface area (Å²) in [5.41, 5.74) is 10.5. The van der Waals surface area contributed by atoms with Gasteiger partial charge in [-0.15, -0.1) is 0 Å². The Kier molecular flexibility index (Phi) is 13.8. The maximum absolute atomic E-state index is 8.54. The molecule has 0 unspecified atom stereocenters. The fourth-order valence-electron chi connectivity index (χ4n) is 11.0. The Balaban J connectivity index is 0.000000139. The zero-order chi connectivity index (χ0) is 49.8. The topological polar surface area (TPSA) is 79.1 Å². The smallest absolute Gasteiger partial charge is 0.423 e. The van der Waals surface area contributed by atoms with Crippen LogP contribution < -0.4 is 47.0 Å². The van der Waals surface area contributed by atoms with Gasteiger partial charge in [0.15, 0.2) is 16.1 Å². The molecule has 2 N–H and O–H groups in total. The Bertz CT molecular complexity index is 3510. The molecular weight excluding hydrogens is 1060 g/mol. The summed E-state index contributed by atoms with van der Waals surface area (Å²) >= 11 is 7.43. The summed E-state index contributed by atoms with van der Waals surface area (Å²) in [6, 6.07) is 83.5. The monoisotopic (exact) mass is 1100 g/mol. The van der Waals surface area contributed by atoms with Crippen LogP contribution in [0, 0.1) is 0 Å². The lowest BCUT2D eigenvalue weighted by Gasteiger charge is -2.32.